The van der Waals surface area contributed by atoms with Gasteiger partial charge in [0.1, 0.15) is 0 Å². The molecule has 1 fully saturated rings. The van der Waals surface area contributed by atoms with Crippen LogP contribution in [0.15, 0.2) is 24.5 Å². The van der Waals surface area contributed by atoms with Crippen LogP contribution in [0, 0.1) is 5.92 Å². The van der Waals surface area contributed by atoms with Crippen LogP contribution < -0.4 is 5.73 Å². The number of nitrogens with zero attached hydrogens (tertiary/aromatic N) is 2. The number of hydrogen-bond donors (Lipinski definition) is 1. The molecule has 94 valence electrons. The Morgan fingerprint density at radius 3 is 2.82 bits per heavy atom. The molecule has 2 rings (SSSR count). The normalized spacial score (nSPS) is 24.4. The van der Waals surface area contributed by atoms with Gasteiger partial charge in [-0.2, -0.15) is 0 Å². The maximum Gasteiger partial charge on any atom is 0.0270 e. The van der Waals surface area contributed by atoms with Crippen molar-refractivity contribution in [1.29, 1.82) is 0 Å². The quantitative estimate of drug-likeness (QED) is 0.841. The Balaban J connectivity index is 1.83. The molecule has 0 amide bonds. The van der Waals surface area contributed by atoms with E-state index in [1.807, 2.05) is 12.4 Å². The Labute approximate surface area is 104 Å². The largest absolute Gasteiger partial charge is 0.330 e. The first-order valence-corrected chi connectivity index (χ1v) is 6.60. The zero-order valence-electron chi connectivity index (χ0n) is 10.7. The van der Waals surface area contributed by atoms with E-state index < -0.39 is 0 Å². The first-order valence-electron chi connectivity index (χ1n) is 6.60. The third-order valence-corrected chi connectivity index (χ3v) is 3.99. The van der Waals surface area contributed by atoms with Crippen LogP contribution in [0.2, 0.25) is 0 Å². The molecule has 2 N–H and O–H groups in total. The Kier molecular flexibility index (Phi) is 4.51. The van der Waals surface area contributed by atoms with Gasteiger partial charge in [0.05, 0.1) is 0 Å². The van der Waals surface area contributed by atoms with E-state index in [-0.39, 0.29) is 0 Å². The first kappa shape index (κ1) is 12.5. The highest BCUT2D eigenvalue weighted by molar-refractivity contribution is 5.10. The molecule has 0 aromatic carbocycles. The van der Waals surface area contributed by atoms with Crippen molar-refractivity contribution in [2.45, 2.75) is 31.7 Å². The number of likely N-dealkylation sites (N-methyl/N-ethyl adjacent to an activating group) is 1. The topological polar surface area (TPSA) is 42.2 Å². The lowest BCUT2D eigenvalue weighted by atomic mass is 10.0. The molecule has 17 heavy (non-hydrogen) atoms. The molecule has 0 spiro atoms. The van der Waals surface area contributed by atoms with E-state index in [4.69, 9.17) is 5.73 Å². The van der Waals surface area contributed by atoms with Gasteiger partial charge in [-0.1, -0.05) is 6.42 Å². The Morgan fingerprint density at radius 2 is 2.12 bits per heavy atom. The molecule has 2 unspecified atom stereocenters. The molecule has 1 aromatic heterocycles. The van der Waals surface area contributed by atoms with Crippen molar-refractivity contribution in [3.63, 3.8) is 0 Å². The lowest BCUT2D eigenvalue weighted by molar-refractivity contribution is 0.202. The number of nitrogens with two attached hydrogens (primary N) is 1. The van der Waals surface area contributed by atoms with Crippen molar-refractivity contribution >= 4 is 0 Å². The molecule has 1 saturated carbocycles. The van der Waals surface area contributed by atoms with Crippen molar-refractivity contribution in [3.05, 3.63) is 30.1 Å². The summed E-state index contributed by atoms with van der Waals surface area (Å²) in [6, 6.07) is 4.90. The van der Waals surface area contributed by atoms with Crippen LogP contribution in [0.1, 0.15) is 24.8 Å². The average Bonchev–Trinajstić information content (AvgIpc) is 2.85. The van der Waals surface area contributed by atoms with E-state index in [1.165, 1.54) is 24.8 Å². The smallest absolute Gasteiger partial charge is 0.0270 e. The van der Waals surface area contributed by atoms with Gasteiger partial charge in [-0.25, -0.2) is 0 Å². The second-order valence-corrected chi connectivity index (χ2v) is 5.08. The van der Waals surface area contributed by atoms with E-state index in [2.05, 4.69) is 29.1 Å². The van der Waals surface area contributed by atoms with E-state index in [0.717, 1.165) is 19.5 Å². The van der Waals surface area contributed by atoms with Crippen molar-refractivity contribution in [2.75, 3.05) is 20.1 Å². The van der Waals surface area contributed by atoms with E-state index in [0.29, 0.717) is 12.0 Å². The molecule has 0 aliphatic heterocycles. The second-order valence-electron chi connectivity index (χ2n) is 5.08. The maximum atomic E-state index is 5.83. The van der Waals surface area contributed by atoms with Gasteiger partial charge in [0.2, 0.25) is 0 Å². The summed E-state index contributed by atoms with van der Waals surface area (Å²) in [5.74, 6) is 0.706. The summed E-state index contributed by atoms with van der Waals surface area (Å²) < 4.78 is 0. The van der Waals surface area contributed by atoms with Crippen LogP contribution in [-0.2, 0) is 6.42 Å². The summed E-state index contributed by atoms with van der Waals surface area (Å²) in [7, 11) is 2.24. The summed E-state index contributed by atoms with van der Waals surface area (Å²) in [4.78, 5) is 6.54. The maximum absolute atomic E-state index is 5.83. The van der Waals surface area contributed by atoms with Gasteiger partial charge >= 0.3 is 0 Å². The van der Waals surface area contributed by atoms with E-state index in [1.54, 1.807) is 0 Å². The van der Waals surface area contributed by atoms with E-state index >= 15 is 0 Å². The SMILES string of the molecule is CN(CCc1ccncc1)C1CCCC1CN. The van der Waals surface area contributed by atoms with Crippen molar-refractivity contribution in [3.8, 4) is 0 Å². The Hall–Kier alpha value is -0.930. The molecule has 1 aliphatic rings. The molecule has 0 radical (unpaired) electrons. The van der Waals surface area contributed by atoms with Gasteiger partial charge in [0.25, 0.3) is 0 Å². The minimum Gasteiger partial charge on any atom is -0.330 e. The Morgan fingerprint density at radius 1 is 1.35 bits per heavy atom. The van der Waals surface area contributed by atoms with Crippen LogP contribution in [0.4, 0.5) is 0 Å². The van der Waals surface area contributed by atoms with Gasteiger partial charge in [0.15, 0.2) is 0 Å². The Bertz CT molecular complexity index is 325. The standard InChI is InChI=1S/C14H23N3/c1-17(14-4-2-3-13(14)11-15)10-7-12-5-8-16-9-6-12/h5-6,8-9,13-14H,2-4,7,10-11,15H2,1H3. The molecule has 3 heteroatoms. The lowest BCUT2D eigenvalue weighted by Crippen LogP contribution is -2.38. The fourth-order valence-electron chi connectivity index (χ4n) is 2.89. The summed E-state index contributed by atoms with van der Waals surface area (Å²) >= 11 is 0. The molecule has 2 atom stereocenters. The fourth-order valence-corrected chi connectivity index (χ4v) is 2.89. The predicted octanol–water partition coefficient (Wildman–Crippen LogP) is 1.68. The van der Waals surface area contributed by atoms with Crippen molar-refractivity contribution in [1.82, 2.24) is 9.88 Å². The average molecular weight is 233 g/mol. The van der Waals surface area contributed by atoms with Gasteiger partial charge in [-0.05, 0) is 56.5 Å². The monoisotopic (exact) mass is 233 g/mol. The zero-order chi connectivity index (χ0) is 12.1. The number of hydrogen-bond acceptors (Lipinski definition) is 3. The van der Waals surface area contributed by atoms with Crippen LogP contribution in [0.5, 0.6) is 0 Å². The van der Waals surface area contributed by atoms with Crippen molar-refractivity contribution in [2.24, 2.45) is 11.7 Å². The van der Waals surface area contributed by atoms with Crippen molar-refractivity contribution < 1.29 is 0 Å². The predicted molar refractivity (Wildman–Crippen MR) is 70.8 cm³/mol. The first-order chi connectivity index (χ1) is 8.31. The second kappa shape index (κ2) is 6.12. The third-order valence-electron chi connectivity index (χ3n) is 3.99. The minimum absolute atomic E-state index is 0.696. The fraction of sp³-hybridized carbons (Fsp3) is 0.643. The van der Waals surface area contributed by atoms with Crippen LogP contribution in [0.3, 0.4) is 0 Å². The highest BCUT2D eigenvalue weighted by Gasteiger charge is 2.28. The molecular formula is C14H23N3. The number of pyridine rings is 1. The number of rotatable bonds is 5. The molecular weight excluding hydrogens is 210 g/mol. The lowest BCUT2D eigenvalue weighted by Gasteiger charge is -2.29. The van der Waals surface area contributed by atoms with Gasteiger partial charge < -0.3 is 10.6 Å². The molecule has 1 heterocycles. The third kappa shape index (κ3) is 3.27. The molecule has 1 aliphatic carbocycles. The summed E-state index contributed by atoms with van der Waals surface area (Å²) in [6.45, 7) is 1.95. The molecule has 3 nitrogen and oxygen atoms in total. The molecule has 0 bridgehead atoms. The van der Waals surface area contributed by atoms with Gasteiger partial charge in [0, 0.05) is 25.0 Å². The zero-order valence-corrected chi connectivity index (χ0v) is 10.7. The summed E-state index contributed by atoms with van der Waals surface area (Å²) in [6.07, 6.45) is 8.80. The van der Waals surface area contributed by atoms with E-state index in [9.17, 15) is 0 Å². The highest BCUT2D eigenvalue weighted by Crippen LogP contribution is 2.28. The number of aromatic nitrogens is 1. The van der Waals surface area contributed by atoms with Crippen LogP contribution in [0.25, 0.3) is 0 Å². The minimum atomic E-state index is 0.696. The van der Waals surface area contributed by atoms with Crippen LogP contribution in [-0.4, -0.2) is 36.1 Å². The van der Waals surface area contributed by atoms with Gasteiger partial charge in [-0.15, -0.1) is 0 Å². The highest BCUT2D eigenvalue weighted by atomic mass is 15.1. The molecule has 0 saturated heterocycles. The molecule has 1 aromatic rings. The van der Waals surface area contributed by atoms with Gasteiger partial charge in [-0.3, -0.25) is 4.98 Å². The summed E-state index contributed by atoms with van der Waals surface area (Å²) in [5, 5.41) is 0. The summed E-state index contributed by atoms with van der Waals surface area (Å²) in [5.41, 5.74) is 7.20. The van der Waals surface area contributed by atoms with Crippen LogP contribution >= 0.6 is 0 Å².